The maximum absolute atomic E-state index is 11.5. The van der Waals surface area contributed by atoms with E-state index in [1.807, 2.05) is 18.2 Å². The number of hydrogen-bond donors (Lipinski definition) is 0. The summed E-state index contributed by atoms with van der Waals surface area (Å²) in [5, 5.41) is 0.913. The van der Waals surface area contributed by atoms with Crippen LogP contribution in [0.25, 0.3) is 11.0 Å². The lowest BCUT2D eigenvalue weighted by atomic mass is 10.2. The smallest absolute Gasteiger partial charge is 0.157 e. The molecule has 0 atom stereocenters. The van der Waals surface area contributed by atoms with E-state index in [1.165, 1.54) is 0 Å². The Morgan fingerprint density at radius 3 is 2.75 bits per heavy atom. The average Bonchev–Trinajstić information content (AvgIpc) is 2.61. The highest BCUT2D eigenvalue weighted by Crippen LogP contribution is 2.27. The molecule has 0 aliphatic carbocycles. The molecular formula is C11H11BrO3S. The van der Waals surface area contributed by atoms with Crippen LogP contribution in [0.5, 0.6) is 0 Å². The molecule has 3 nitrogen and oxygen atoms in total. The minimum Gasteiger partial charge on any atom is -0.459 e. The molecule has 0 radical (unpaired) electrons. The maximum Gasteiger partial charge on any atom is 0.157 e. The fraction of sp³-hybridized carbons (Fsp3) is 0.273. The first kappa shape index (κ1) is 11.7. The molecule has 0 amide bonds. The number of furan rings is 1. The molecule has 16 heavy (non-hydrogen) atoms. The molecule has 2 rings (SSSR count). The lowest BCUT2D eigenvalue weighted by Gasteiger charge is -1.96. The highest BCUT2D eigenvalue weighted by molar-refractivity contribution is 9.10. The number of hydrogen-bond acceptors (Lipinski definition) is 3. The normalized spacial score (nSPS) is 12.1. The molecule has 2 aromatic rings. The molecule has 0 bridgehead atoms. The summed E-state index contributed by atoms with van der Waals surface area (Å²) in [5.74, 6) is 0.583. The molecule has 1 heterocycles. The zero-order chi connectivity index (χ0) is 11.8. The van der Waals surface area contributed by atoms with Crippen LogP contribution < -0.4 is 0 Å². The van der Waals surface area contributed by atoms with Gasteiger partial charge in [0.25, 0.3) is 0 Å². The molecule has 86 valence electrons. The van der Waals surface area contributed by atoms with Crippen molar-refractivity contribution in [2.75, 3.05) is 5.75 Å². The van der Waals surface area contributed by atoms with Crippen LogP contribution >= 0.6 is 15.9 Å². The van der Waals surface area contributed by atoms with E-state index in [2.05, 4.69) is 15.9 Å². The van der Waals surface area contributed by atoms with Crippen LogP contribution in [0, 0.1) is 0 Å². The SMILES string of the molecule is CCS(=O)(=O)Cc1cc2cccc(Br)c2o1. The zero-order valence-corrected chi connectivity index (χ0v) is 11.1. The van der Waals surface area contributed by atoms with Crippen molar-refractivity contribution < 1.29 is 12.8 Å². The van der Waals surface area contributed by atoms with E-state index in [4.69, 9.17) is 4.42 Å². The fourth-order valence-corrected chi connectivity index (χ4v) is 2.71. The fourth-order valence-electron chi connectivity index (χ4n) is 1.47. The number of benzene rings is 1. The molecule has 0 unspecified atom stereocenters. The second kappa shape index (κ2) is 4.22. The van der Waals surface area contributed by atoms with Gasteiger partial charge in [0, 0.05) is 11.1 Å². The third-order valence-electron chi connectivity index (χ3n) is 2.35. The summed E-state index contributed by atoms with van der Waals surface area (Å²) in [6, 6.07) is 7.42. The molecule has 5 heteroatoms. The van der Waals surface area contributed by atoms with Crippen molar-refractivity contribution in [1.82, 2.24) is 0 Å². The van der Waals surface area contributed by atoms with E-state index in [0.717, 1.165) is 9.86 Å². The van der Waals surface area contributed by atoms with Crippen molar-refractivity contribution in [3.63, 3.8) is 0 Å². The highest BCUT2D eigenvalue weighted by Gasteiger charge is 2.13. The Kier molecular flexibility index (Phi) is 3.08. The summed E-state index contributed by atoms with van der Waals surface area (Å²) in [7, 11) is -3.04. The predicted octanol–water partition coefficient (Wildman–Crippen LogP) is 3.13. The minimum absolute atomic E-state index is 0.0371. The first-order valence-electron chi connectivity index (χ1n) is 4.89. The molecule has 0 saturated carbocycles. The van der Waals surface area contributed by atoms with Crippen LogP contribution in [0.4, 0.5) is 0 Å². The van der Waals surface area contributed by atoms with Crippen molar-refractivity contribution in [3.8, 4) is 0 Å². The van der Waals surface area contributed by atoms with Crippen LogP contribution in [0.1, 0.15) is 12.7 Å². The molecule has 0 saturated heterocycles. The van der Waals surface area contributed by atoms with Crippen molar-refractivity contribution in [3.05, 3.63) is 34.5 Å². The van der Waals surface area contributed by atoms with Gasteiger partial charge in [-0.05, 0) is 28.1 Å². The maximum atomic E-state index is 11.5. The number of halogens is 1. The van der Waals surface area contributed by atoms with E-state index in [1.54, 1.807) is 13.0 Å². The van der Waals surface area contributed by atoms with Crippen LogP contribution in [0.2, 0.25) is 0 Å². The first-order valence-corrected chi connectivity index (χ1v) is 7.50. The van der Waals surface area contributed by atoms with Crippen molar-refractivity contribution in [1.29, 1.82) is 0 Å². The van der Waals surface area contributed by atoms with Gasteiger partial charge in [0.15, 0.2) is 9.84 Å². The second-order valence-corrected chi connectivity index (χ2v) is 6.75. The van der Waals surface area contributed by atoms with Gasteiger partial charge in [-0.2, -0.15) is 0 Å². The molecule has 0 N–H and O–H groups in total. The van der Waals surface area contributed by atoms with Gasteiger partial charge in [-0.15, -0.1) is 0 Å². The summed E-state index contributed by atoms with van der Waals surface area (Å²) < 4.78 is 29.3. The quantitative estimate of drug-likeness (QED) is 0.875. The van der Waals surface area contributed by atoms with Gasteiger partial charge in [0.2, 0.25) is 0 Å². The Balaban J connectivity index is 2.45. The van der Waals surface area contributed by atoms with Crippen molar-refractivity contribution in [2.45, 2.75) is 12.7 Å². The van der Waals surface area contributed by atoms with Gasteiger partial charge in [0.05, 0.1) is 4.47 Å². The summed E-state index contributed by atoms with van der Waals surface area (Å²) in [4.78, 5) is 0. The number of para-hydroxylation sites is 1. The minimum atomic E-state index is -3.04. The molecule has 0 aliphatic heterocycles. The number of rotatable bonds is 3. The Bertz CT molecular complexity index is 613. The summed E-state index contributed by atoms with van der Waals surface area (Å²) in [6.07, 6.45) is 0. The first-order chi connectivity index (χ1) is 7.52. The molecule has 1 aromatic heterocycles. The largest absolute Gasteiger partial charge is 0.459 e. The number of fused-ring (bicyclic) bond motifs is 1. The molecule has 0 fully saturated rings. The van der Waals surface area contributed by atoms with Crippen molar-refractivity contribution >= 4 is 36.7 Å². The lowest BCUT2D eigenvalue weighted by molar-refractivity contribution is 0.554. The van der Waals surface area contributed by atoms with Crippen LogP contribution in [-0.2, 0) is 15.6 Å². The van der Waals surface area contributed by atoms with Crippen LogP contribution in [-0.4, -0.2) is 14.2 Å². The van der Waals surface area contributed by atoms with Gasteiger partial charge in [0.1, 0.15) is 17.1 Å². The Morgan fingerprint density at radius 1 is 1.38 bits per heavy atom. The van der Waals surface area contributed by atoms with Crippen LogP contribution in [0.15, 0.2) is 33.2 Å². The summed E-state index contributed by atoms with van der Waals surface area (Å²) >= 11 is 3.36. The Hall–Kier alpha value is -0.810. The van der Waals surface area contributed by atoms with E-state index >= 15 is 0 Å². The summed E-state index contributed by atoms with van der Waals surface area (Å²) in [6.45, 7) is 1.63. The Morgan fingerprint density at radius 2 is 2.12 bits per heavy atom. The molecule has 0 spiro atoms. The van der Waals surface area contributed by atoms with E-state index in [-0.39, 0.29) is 11.5 Å². The van der Waals surface area contributed by atoms with Gasteiger partial charge < -0.3 is 4.42 Å². The Labute approximate surface area is 102 Å². The zero-order valence-electron chi connectivity index (χ0n) is 8.73. The van der Waals surface area contributed by atoms with Gasteiger partial charge in [-0.25, -0.2) is 8.42 Å². The number of sulfone groups is 1. The summed E-state index contributed by atoms with van der Waals surface area (Å²) in [5.41, 5.74) is 0.698. The van der Waals surface area contributed by atoms with Crippen LogP contribution in [0.3, 0.4) is 0 Å². The topological polar surface area (TPSA) is 47.3 Å². The van der Waals surface area contributed by atoms with Gasteiger partial charge in [-0.3, -0.25) is 0 Å². The van der Waals surface area contributed by atoms with E-state index in [0.29, 0.717) is 11.3 Å². The average molecular weight is 303 g/mol. The second-order valence-electron chi connectivity index (χ2n) is 3.55. The third kappa shape index (κ3) is 2.30. The molecular weight excluding hydrogens is 292 g/mol. The van der Waals surface area contributed by atoms with Gasteiger partial charge in [-0.1, -0.05) is 19.1 Å². The highest BCUT2D eigenvalue weighted by atomic mass is 79.9. The van der Waals surface area contributed by atoms with Gasteiger partial charge >= 0.3 is 0 Å². The lowest BCUT2D eigenvalue weighted by Crippen LogP contribution is -2.05. The van der Waals surface area contributed by atoms with Crippen molar-refractivity contribution in [2.24, 2.45) is 0 Å². The molecule has 0 aliphatic rings. The molecule has 1 aromatic carbocycles. The van der Waals surface area contributed by atoms with E-state index in [9.17, 15) is 8.42 Å². The predicted molar refractivity (Wildman–Crippen MR) is 67.1 cm³/mol. The third-order valence-corrected chi connectivity index (χ3v) is 4.58. The standard InChI is InChI=1S/C11H11BrO3S/c1-2-16(13,14)7-9-6-8-4-3-5-10(12)11(8)15-9/h3-6H,2,7H2,1H3. The monoisotopic (exact) mass is 302 g/mol. The van der Waals surface area contributed by atoms with E-state index < -0.39 is 9.84 Å².